The normalized spacial score (nSPS) is 10.6. The summed E-state index contributed by atoms with van der Waals surface area (Å²) in [6.07, 6.45) is 1.47. The number of benzene rings is 3. The zero-order valence-corrected chi connectivity index (χ0v) is 20.0. The first-order valence-corrected chi connectivity index (χ1v) is 11.0. The number of carbonyl (C=O) groups is 2. The molecule has 2 N–H and O–H groups in total. The summed E-state index contributed by atoms with van der Waals surface area (Å²) in [5.41, 5.74) is 4.50. The van der Waals surface area contributed by atoms with Gasteiger partial charge < -0.3 is 14.8 Å². The van der Waals surface area contributed by atoms with Gasteiger partial charge in [-0.05, 0) is 59.7 Å². The largest absolute Gasteiger partial charge is 0.493 e. The number of halogens is 2. The van der Waals surface area contributed by atoms with Gasteiger partial charge in [0.2, 0.25) is 0 Å². The second kappa shape index (κ2) is 12.0. The average Bonchev–Trinajstić information content (AvgIpc) is 2.82. The fourth-order valence-electron chi connectivity index (χ4n) is 2.74. The van der Waals surface area contributed by atoms with Crippen LogP contribution in [0.2, 0.25) is 5.02 Å². The van der Waals surface area contributed by atoms with Crippen LogP contribution < -0.4 is 20.2 Å². The van der Waals surface area contributed by atoms with E-state index < -0.39 is 5.91 Å². The van der Waals surface area contributed by atoms with E-state index in [4.69, 9.17) is 21.1 Å². The second-order valence-electron chi connectivity index (χ2n) is 6.81. The fourth-order valence-corrected chi connectivity index (χ4v) is 3.26. The van der Waals surface area contributed by atoms with Crippen LogP contribution in [0.25, 0.3) is 0 Å². The van der Waals surface area contributed by atoms with Gasteiger partial charge in [-0.25, -0.2) is 5.43 Å². The van der Waals surface area contributed by atoms with Crippen LogP contribution >= 0.6 is 27.5 Å². The highest BCUT2D eigenvalue weighted by Crippen LogP contribution is 2.28. The minimum absolute atomic E-state index is 0.205. The van der Waals surface area contributed by atoms with Gasteiger partial charge in [0.1, 0.15) is 6.61 Å². The van der Waals surface area contributed by atoms with E-state index in [1.807, 2.05) is 18.2 Å². The molecule has 0 aliphatic carbocycles. The van der Waals surface area contributed by atoms with E-state index in [1.54, 1.807) is 55.6 Å². The maximum Gasteiger partial charge on any atom is 0.259 e. The van der Waals surface area contributed by atoms with Gasteiger partial charge in [0.05, 0.1) is 19.9 Å². The fraction of sp³-hybridized carbons (Fsp3) is 0.125. The van der Waals surface area contributed by atoms with Gasteiger partial charge in [-0.3, -0.25) is 9.59 Å². The van der Waals surface area contributed by atoms with Crippen LogP contribution in [0.1, 0.15) is 21.5 Å². The van der Waals surface area contributed by atoms with Gasteiger partial charge >= 0.3 is 0 Å². The summed E-state index contributed by atoms with van der Waals surface area (Å²) in [7, 11) is 1.54. The maximum absolute atomic E-state index is 12.1. The molecule has 3 rings (SSSR count). The summed E-state index contributed by atoms with van der Waals surface area (Å²) in [5.74, 6) is 0.295. The second-order valence-corrected chi connectivity index (χ2v) is 8.16. The molecule has 0 aromatic heterocycles. The minimum Gasteiger partial charge on any atom is -0.493 e. The molecule has 9 heteroatoms. The number of amides is 2. The molecule has 0 fully saturated rings. The Hall–Kier alpha value is -3.36. The zero-order chi connectivity index (χ0) is 23.6. The maximum atomic E-state index is 12.1. The third kappa shape index (κ3) is 7.62. The number of hydrogen-bond acceptors (Lipinski definition) is 5. The lowest BCUT2D eigenvalue weighted by molar-refractivity contribution is -0.120. The molecule has 2 amide bonds. The zero-order valence-electron chi connectivity index (χ0n) is 17.7. The number of ether oxygens (including phenoxy) is 2. The number of hydrazone groups is 1. The van der Waals surface area contributed by atoms with Crippen molar-refractivity contribution in [3.8, 4) is 11.5 Å². The van der Waals surface area contributed by atoms with E-state index in [0.29, 0.717) is 34.3 Å². The van der Waals surface area contributed by atoms with Gasteiger partial charge in [0, 0.05) is 15.1 Å². The van der Waals surface area contributed by atoms with Gasteiger partial charge in [-0.1, -0.05) is 45.7 Å². The number of carbonyl (C=O) groups excluding carboxylic acids is 2. The SMILES string of the molecule is COc1cc(C=NNC(=O)CNC(=O)c2cccc(Br)c2)ccc1OCc1ccc(Cl)cc1. The first-order chi connectivity index (χ1) is 15.9. The quantitative estimate of drug-likeness (QED) is 0.313. The topological polar surface area (TPSA) is 89.0 Å². The first-order valence-electron chi connectivity index (χ1n) is 9.85. The molecule has 3 aromatic rings. The summed E-state index contributed by atoms with van der Waals surface area (Å²) < 4.78 is 12.0. The van der Waals surface area contributed by atoms with Crippen LogP contribution in [0, 0.1) is 0 Å². The summed E-state index contributed by atoms with van der Waals surface area (Å²) in [6, 6.07) is 19.5. The molecule has 0 heterocycles. The Morgan fingerprint density at radius 2 is 1.85 bits per heavy atom. The molecule has 0 saturated heterocycles. The van der Waals surface area contributed by atoms with Crippen molar-refractivity contribution in [1.29, 1.82) is 0 Å². The van der Waals surface area contributed by atoms with Crippen LogP contribution in [-0.2, 0) is 11.4 Å². The van der Waals surface area contributed by atoms with E-state index in [2.05, 4.69) is 31.8 Å². The first kappa shape index (κ1) is 24.3. The standard InChI is InChI=1S/C24H21BrClN3O4/c1-32-22-11-17(7-10-21(22)33-15-16-5-8-20(26)9-6-16)13-28-29-23(30)14-27-24(31)18-3-2-4-19(25)12-18/h2-13H,14-15H2,1H3,(H,27,31)(H,29,30). The Morgan fingerprint density at radius 1 is 1.06 bits per heavy atom. The third-order valence-corrected chi connectivity index (χ3v) is 5.14. The van der Waals surface area contributed by atoms with Crippen LogP contribution in [-0.4, -0.2) is 31.7 Å². The molecular weight excluding hydrogens is 510 g/mol. The summed E-state index contributed by atoms with van der Waals surface area (Å²) in [4.78, 5) is 24.0. The Bertz CT molecular complexity index is 1150. The van der Waals surface area contributed by atoms with Crippen LogP contribution in [0.3, 0.4) is 0 Å². The lowest BCUT2D eigenvalue weighted by Crippen LogP contribution is -2.34. The molecule has 0 aliphatic rings. The van der Waals surface area contributed by atoms with Gasteiger partial charge in [0.25, 0.3) is 11.8 Å². The molecule has 7 nitrogen and oxygen atoms in total. The molecule has 0 atom stereocenters. The highest BCUT2D eigenvalue weighted by atomic mass is 79.9. The van der Waals surface area contributed by atoms with E-state index in [0.717, 1.165) is 10.0 Å². The van der Waals surface area contributed by atoms with E-state index >= 15 is 0 Å². The van der Waals surface area contributed by atoms with Crippen molar-refractivity contribution in [3.05, 3.63) is 92.9 Å². The lowest BCUT2D eigenvalue weighted by Gasteiger charge is -2.11. The van der Waals surface area contributed by atoms with E-state index in [-0.39, 0.29) is 12.5 Å². The average molecular weight is 531 g/mol. The highest BCUT2D eigenvalue weighted by Gasteiger charge is 2.08. The molecule has 3 aromatic carbocycles. The molecule has 0 bridgehead atoms. The minimum atomic E-state index is -0.454. The highest BCUT2D eigenvalue weighted by molar-refractivity contribution is 9.10. The monoisotopic (exact) mass is 529 g/mol. The van der Waals surface area contributed by atoms with Crippen molar-refractivity contribution in [2.24, 2.45) is 5.10 Å². The third-order valence-electron chi connectivity index (χ3n) is 4.39. The number of hydrogen-bond donors (Lipinski definition) is 2. The predicted octanol–water partition coefficient (Wildman–Crippen LogP) is 4.57. The van der Waals surface area contributed by atoms with Crippen LogP contribution in [0.5, 0.6) is 11.5 Å². The smallest absolute Gasteiger partial charge is 0.259 e. The van der Waals surface area contributed by atoms with Crippen LogP contribution in [0.15, 0.2) is 76.3 Å². The van der Waals surface area contributed by atoms with Crippen molar-refractivity contribution in [2.45, 2.75) is 6.61 Å². The van der Waals surface area contributed by atoms with Crippen LogP contribution in [0.4, 0.5) is 0 Å². The van der Waals surface area contributed by atoms with Gasteiger partial charge in [0.15, 0.2) is 11.5 Å². The summed E-state index contributed by atoms with van der Waals surface area (Å²) in [5, 5.41) is 7.13. The van der Waals surface area contributed by atoms with E-state index in [9.17, 15) is 9.59 Å². The van der Waals surface area contributed by atoms with Crippen molar-refractivity contribution in [1.82, 2.24) is 10.7 Å². The van der Waals surface area contributed by atoms with E-state index in [1.165, 1.54) is 6.21 Å². The Kier molecular flexibility index (Phi) is 8.86. The summed E-state index contributed by atoms with van der Waals surface area (Å²) >= 11 is 9.20. The predicted molar refractivity (Wildman–Crippen MR) is 131 cm³/mol. The molecule has 0 saturated carbocycles. The Labute approximate surface area is 204 Å². The number of nitrogens with one attached hydrogen (secondary N) is 2. The Balaban J connectivity index is 1.50. The molecule has 0 aliphatic heterocycles. The molecular formula is C24H21BrClN3O4. The van der Waals surface area contributed by atoms with Gasteiger partial charge in [-0.2, -0.15) is 5.10 Å². The number of methoxy groups -OCH3 is 1. The molecule has 170 valence electrons. The van der Waals surface area contributed by atoms with Crippen molar-refractivity contribution < 1.29 is 19.1 Å². The van der Waals surface area contributed by atoms with Gasteiger partial charge in [-0.15, -0.1) is 0 Å². The molecule has 33 heavy (non-hydrogen) atoms. The Morgan fingerprint density at radius 3 is 2.58 bits per heavy atom. The van der Waals surface area contributed by atoms with Crippen molar-refractivity contribution >= 4 is 45.6 Å². The number of nitrogens with zero attached hydrogens (tertiary/aromatic N) is 1. The molecule has 0 unspecified atom stereocenters. The lowest BCUT2D eigenvalue weighted by atomic mass is 10.2. The van der Waals surface area contributed by atoms with Crippen molar-refractivity contribution in [3.63, 3.8) is 0 Å². The summed E-state index contributed by atoms with van der Waals surface area (Å²) in [6.45, 7) is 0.159. The molecule has 0 spiro atoms. The molecule has 0 radical (unpaired) electrons. The van der Waals surface area contributed by atoms with Crippen molar-refractivity contribution in [2.75, 3.05) is 13.7 Å². The number of rotatable bonds is 9.